The third kappa shape index (κ3) is 3.91. The Kier molecular flexibility index (Phi) is 5.28. The predicted molar refractivity (Wildman–Crippen MR) is 104 cm³/mol. The van der Waals surface area contributed by atoms with Crippen LogP contribution in [0.1, 0.15) is 38.6 Å². The number of nitrogens with one attached hydrogen (secondary N) is 1. The molecule has 8 nitrogen and oxygen atoms in total. The van der Waals surface area contributed by atoms with Gasteiger partial charge in [0.05, 0.1) is 18.4 Å². The first-order valence-corrected chi connectivity index (χ1v) is 9.36. The number of pyridine rings is 1. The third-order valence-corrected chi connectivity index (χ3v) is 4.97. The van der Waals surface area contributed by atoms with Crippen molar-refractivity contribution in [2.75, 3.05) is 12.1 Å². The van der Waals surface area contributed by atoms with Crippen molar-refractivity contribution in [1.82, 2.24) is 9.58 Å². The van der Waals surface area contributed by atoms with Crippen molar-refractivity contribution in [2.45, 2.75) is 19.4 Å². The quantitative estimate of drug-likeness (QED) is 0.583. The van der Waals surface area contributed by atoms with E-state index in [0.717, 1.165) is 16.9 Å². The van der Waals surface area contributed by atoms with Crippen LogP contribution in [0.2, 0.25) is 0 Å². The number of Topliss-reactive ketones (excluding diaryl/α,β-unsaturated/α-hetero) is 1. The van der Waals surface area contributed by atoms with Crippen LogP contribution in [0.15, 0.2) is 52.0 Å². The minimum absolute atomic E-state index is 0.0449. The maximum atomic E-state index is 13.8. The van der Waals surface area contributed by atoms with Crippen LogP contribution in [-0.2, 0) is 13.0 Å². The summed E-state index contributed by atoms with van der Waals surface area (Å²) in [5, 5.41) is 10.3. The van der Waals surface area contributed by atoms with Gasteiger partial charge >= 0.3 is 0 Å². The first-order valence-electron chi connectivity index (χ1n) is 9.36. The molecule has 0 bridgehead atoms. The van der Waals surface area contributed by atoms with Crippen LogP contribution in [0.3, 0.4) is 0 Å². The summed E-state index contributed by atoms with van der Waals surface area (Å²) in [5.74, 6) is -3.13. The lowest BCUT2D eigenvalue weighted by atomic mass is 10.0. The number of furan rings is 1. The number of nitrogens with zero attached hydrogens (tertiary/aromatic N) is 2. The highest BCUT2D eigenvalue weighted by Gasteiger charge is 2.31. The number of hydrogen-bond donors (Lipinski definition) is 2. The zero-order valence-corrected chi connectivity index (χ0v) is 16.1. The molecule has 1 aliphatic rings. The minimum Gasteiger partial charge on any atom is -0.502 e. The molecule has 1 aliphatic heterocycles. The number of fused-ring (bicyclic) bond motifs is 1. The fourth-order valence-electron chi connectivity index (χ4n) is 3.34. The van der Waals surface area contributed by atoms with Crippen LogP contribution in [-0.4, -0.2) is 33.0 Å². The summed E-state index contributed by atoms with van der Waals surface area (Å²) >= 11 is 0. The first kappa shape index (κ1) is 20.3. The van der Waals surface area contributed by atoms with Crippen LogP contribution in [0, 0.1) is 11.6 Å². The number of halogens is 2. The summed E-state index contributed by atoms with van der Waals surface area (Å²) in [6.07, 6.45) is 2.30. The van der Waals surface area contributed by atoms with E-state index in [2.05, 4.69) is 5.43 Å². The summed E-state index contributed by atoms with van der Waals surface area (Å²) in [5.41, 5.74) is 1.32. The first-order chi connectivity index (χ1) is 14.8. The van der Waals surface area contributed by atoms with E-state index in [4.69, 9.17) is 4.42 Å². The molecule has 0 spiro atoms. The predicted octanol–water partition coefficient (Wildman–Crippen LogP) is 2.40. The summed E-state index contributed by atoms with van der Waals surface area (Å²) < 4.78 is 33.1. The van der Waals surface area contributed by atoms with Gasteiger partial charge in [-0.1, -0.05) is 6.07 Å². The van der Waals surface area contributed by atoms with E-state index in [1.54, 1.807) is 12.1 Å². The van der Waals surface area contributed by atoms with Crippen molar-refractivity contribution in [3.05, 3.63) is 87.2 Å². The highest BCUT2D eigenvalue weighted by Crippen LogP contribution is 2.21. The molecule has 0 unspecified atom stereocenters. The highest BCUT2D eigenvalue weighted by molar-refractivity contribution is 6.00. The smallest absolute Gasteiger partial charge is 0.278 e. The molecule has 3 aromatic rings. The molecule has 0 atom stereocenters. The van der Waals surface area contributed by atoms with Gasteiger partial charge in [0.1, 0.15) is 24.1 Å². The van der Waals surface area contributed by atoms with E-state index >= 15 is 0 Å². The van der Waals surface area contributed by atoms with Crippen molar-refractivity contribution in [2.24, 2.45) is 0 Å². The normalized spacial score (nSPS) is 13.1. The molecule has 0 saturated heterocycles. The van der Waals surface area contributed by atoms with Gasteiger partial charge in [-0.15, -0.1) is 0 Å². The van der Waals surface area contributed by atoms with Gasteiger partial charge in [0.15, 0.2) is 17.2 Å². The summed E-state index contributed by atoms with van der Waals surface area (Å²) in [7, 11) is 0. The fourth-order valence-corrected chi connectivity index (χ4v) is 3.34. The average molecular weight is 429 g/mol. The molecule has 0 saturated carbocycles. The second-order valence-corrected chi connectivity index (χ2v) is 7.00. The topological polar surface area (TPSA) is 105 Å². The number of aromatic hydroxyl groups is 1. The van der Waals surface area contributed by atoms with Crippen LogP contribution in [0.5, 0.6) is 5.75 Å². The van der Waals surface area contributed by atoms with Gasteiger partial charge in [-0.25, -0.2) is 8.78 Å². The van der Waals surface area contributed by atoms with Crippen LogP contribution >= 0.6 is 0 Å². The second kappa shape index (κ2) is 8.05. The van der Waals surface area contributed by atoms with Crippen molar-refractivity contribution in [1.29, 1.82) is 0 Å². The average Bonchev–Trinajstić information content (AvgIpc) is 3.25. The Bertz CT molecular complexity index is 1220. The molecular weight excluding hydrogens is 412 g/mol. The monoisotopic (exact) mass is 429 g/mol. The molecule has 2 N–H and O–H groups in total. The lowest BCUT2D eigenvalue weighted by Crippen LogP contribution is -2.46. The number of carbonyl (C=O) groups excluding carboxylic acids is 2. The number of aromatic nitrogens is 1. The van der Waals surface area contributed by atoms with Gasteiger partial charge in [0.2, 0.25) is 5.43 Å². The lowest BCUT2D eigenvalue weighted by Gasteiger charge is -2.31. The molecule has 2 aromatic heterocycles. The number of benzene rings is 1. The maximum absolute atomic E-state index is 13.8. The van der Waals surface area contributed by atoms with Crippen LogP contribution < -0.4 is 10.9 Å². The largest absolute Gasteiger partial charge is 0.502 e. The number of rotatable bonds is 6. The molecule has 0 aliphatic carbocycles. The summed E-state index contributed by atoms with van der Waals surface area (Å²) in [4.78, 5) is 39.2. The van der Waals surface area contributed by atoms with Crippen molar-refractivity contribution in [3.63, 3.8) is 0 Å². The Morgan fingerprint density at radius 1 is 1.23 bits per heavy atom. The number of aryl methyl sites for hydroxylation is 1. The van der Waals surface area contributed by atoms with Gasteiger partial charge in [-0.05, 0) is 30.2 Å². The Morgan fingerprint density at radius 3 is 2.74 bits per heavy atom. The molecule has 4 rings (SSSR count). The molecule has 1 amide bonds. The lowest BCUT2D eigenvalue weighted by molar-refractivity contribution is 0.0696. The summed E-state index contributed by atoms with van der Waals surface area (Å²) in [6, 6.07) is 6.36. The Morgan fingerprint density at radius 2 is 2.03 bits per heavy atom. The molecular formula is C21H17F2N3O5. The van der Waals surface area contributed by atoms with Crippen molar-refractivity contribution >= 4 is 11.7 Å². The van der Waals surface area contributed by atoms with E-state index < -0.39 is 34.5 Å². The van der Waals surface area contributed by atoms with Crippen molar-refractivity contribution in [3.8, 4) is 5.75 Å². The Balaban J connectivity index is 1.56. The van der Waals surface area contributed by atoms with Gasteiger partial charge in [-0.3, -0.25) is 19.1 Å². The van der Waals surface area contributed by atoms with E-state index in [-0.39, 0.29) is 42.9 Å². The summed E-state index contributed by atoms with van der Waals surface area (Å²) in [6.45, 7) is 0.166. The molecule has 31 heavy (non-hydrogen) atoms. The molecule has 1 aromatic carbocycles. The molecule has 0 radical (unpaired) electrons. The standard InChI is InChI=1S/C21H17F2N3O5/c22-13-5-3-12(16(23)8-13)4-6-17(27)15-10-26-18(20(29)19(15)28)21(30)25(11-24-26)9-14-2-1-7-31-14/h1-3,5,7-8,10,24,29H,4,6,9,11H2. The number of hydrogen-bond acceptors (Lipinski definition) is 6. The molecule has 10 heteroatoms. The minimum atomic E-state index is -0.995. The molecule has 0 fully saturated rings. The maximum Gasteiger partial charge on any atom is 0.278 e. The fraction of sp³-hybridized carbons (Fsp3) is 0.190. The van der Waals surface area contributed by atoms with Gasteiger partial charge < -0.3 is 19.8 Å². The number of amides is 1. The SMILES string of the molecule is O=C(CCc1ccc(F)cc1F)c1cn2c(c(O)c1=O)C(=O)N(Cc1ccco1)CN2. The van der Waals surface area contributed by atoms with Crippen LogP contribution in [0.25, 0.3) is 0 Å². The van der Waals surface area contributed by atoms with Crippen molar-refractivity contribution < 1.29 is 27.9 Å². The number of ketones is 1. The second-order valence-electron chi connectivity index (χ2n) is 7.00. The van der Waals surface area contributed by atoms with Gasteiger partial charge in [0, 0.05) is 18.7 Å². The van der Waals surface area contributed by atoms with E-state index in [1.165, 1.54) is 17.2 Å². The Labute approximate surface area is 174 Å². The van der Waals surface area contributed by atoms with E-state index in [1.807, 2.05) is 0 Å². The Hall–Kier alpha value is -3.95. The van der Waals surface area contributed by atoms with E-state index in [9.17, 15) is 28.3 Å². The zero-order valence-electron chi connectivity index (χ0n) is 16.1. The third-order valence-electron chi connectivity index (χ3n) is 4.97. The highest BCUT2D eigenvalue weighted by atomic mass is 19.1. The van der Waals surface area contributed by atoms with Gasteiger partial charge in [0.25, 0.3) is 5.91 Å². The van der Waals surface area contributed by atoms with E-state index in [0.29, 0.717) is 11.8 Å². The van der Waals surface area contributed by atoms with Gasteiger partial charge in [-0.2, -0.15) is 0 Å². The number of carbonyl (C=O) groups is 2. The molecule has 3 heterocycles. The molecule has 160 valence electrons. The zero-order chi connectivity index (χ0) is 22.1. The van der Waals surface area contributed by atoms with Crippen LogP contribution in [0.4, 0.5) is 8.78 Å².